The van der Waals surface area contributed by atoms with Crippen LogP contribution in [-0.4, -0.2) is 39.3 Å². The normalized spacial score (nSPS) is 15.4. The van der Waals surface area contributed by atoms with Gasteiger partial charge in [-0.2, -0.15) is 4.58 Å². The number of imide groups is 1. The third-order valence-electron chi connectivity index (χ3n) is 5.25. The number of carbonyl (C=O) groups is 3. The van der Waals surface area contributed by atoms with Gasteiger partial charge in [0.1, 0.15) is 5.78 Å². The van der Waals surface area contributed by atoms with Crippen LogP contribution in [0.1, 0.15) is 52.1 Å². The van der Waals surface area contributed by atoms with E-state index in [0.29, 0.717) is 24.1 Å². The van der Waals surface area contributed by atoms with Crippen LogP contribution in [0.4, 0.5) is 5.69 Å². The Labute approximate surface area is 157 Å². The second-order valence-corrected chi connectivity index (χ2v) is 7.22. The topological polar surface area (TPSA) is 57.5 Å². The Hall–Kier alpha value is -3.08. The van der Waals surface area contributed by atoms with E-state index in [4.69, 9.17) is 0 Å². The van der Waals surface area contributed by atoms with Crippen LogP contribution in [0.3, 0.4) is 0 Å². The first kappa shape index (κ1) is 17.3. The van der Waals surface area contributed by atoms with Crippen LogP contribution < -0.4 is 0 Å². The van der Waals surface area contributed by atoms with Gasteiger partial charge in [0, 0.05) is 18.6 Å². The van der Waals surface area contributed by atoms with E-state index >= 15 is 0 Å². The average molecular weight is 361 g/mol. The molecule has 2 heterocycles. The van der Waals surface area contributed by atoms with Crippen molar-refractivity contribution in [2.45, 2.75) is 33.2 Å². The molecule has 2 aliphatic heterocycles. The number of amides is 2. The van der Waals surface area contributed by atoms with Crippen molar-refractivity contribution in [2.75, 3.05) is 6.54 Å². The van der Waals surface area contributed by atoms with E-state index in [9.17, 15) is 14.4 Å². The van der Waals surface area contributed by atoms with Crippen LogP contribution in [0.2, 0.25) is 0 Å². The van der Waals surface area contributed by atoms with Crippen LogP contribution >= 0.6 is 0 Å². The lowest BCUT2D eigenvalue weighted by molar-refractivity contribution is -0.436. The molecule has 0 atom stereocenters. The lowest BCUT2D eigenvalue weighted by Gasteiger charge is -2.14. The molecule has 0 bridgehead atoms. The highest BCUT2D eigenvalue weighted by molar-refractivity contribution is 6.21. The lowest BCUT2D eigenvalue weighted by atomic mass is 10.1. The van der Waals surface area contributed by atoms with Crippen LogP contribution in [-0.2, 0) is 17.8 Å². The van der Waals surface area contributed by atoms with E-state index in [1.54, 1.807) is 31.2 Å². The first-order valence-electron chi connectivity index (χ1n) is 9.12. The molecule has 136 valence electrons. The number of ketones is 1. The molecule has 2 aliphatic rings. The van der Waals surface area contributed by atoms with Crippen LogP contribution in [0.5, 0.6) is 0 Å². The Kier molecular flexibility index (Phi) is 4.22. The maximum Gasteiger partial charge on any atom is 0.261 e. The highest BCUT2D eigenvalue weighted by atomic mass is 16.2. The summed E-state index contributed by atoms with van der Waals surface area (Å²) in [6.07, 6.45) is 1.34. The molecule has 2 aromatic carbocycles. The van der Waals surface area contributed by atoms with Crippen molar-refractivity contribution < 1.29 is 19.0 Å². The summed E-state index contributed by atoms with van der Waals surface area (Å²) >= 11 is 0. The fourth-order valence-corrected chi connectivity index (χ4v) is 3.86. The molecule has 2 amide bonds. The van der Waals surface area contributed by atoms with E-state index in [1.807, 2.05) is 12.1 Å². The van der Waals surface area contributed by atoms with Gasteiger partial charge in [-0.3, -0.25) is 19.3 Å². The van der Waals surface area contributed by atoms with Gasteiger partial charge in [0.15, 0.2) is 12.3 Å². The molecule has 5 nitrogen and oxygen atoms in total. The lowest BCUT2D eigenvalue weighted by Crippen LogP contribution is -2.29. The summed E-state index contributed by atoms with van der Waals surface area (Å²) in [5.41, 5.74) is 5.38. The third kappa shape index (κ3) is 2.99. The molecular weight excluding hydrogens is 340 g/mol. The van der Waals surface area contributed by atoms with E-state index in [0.717, 1.165) is 17.7 Å². The van der Waals surface area contributed by atoms with E-state index in [2.05, 4.69) is 17.6 Å². The van der Waals surface area contributed by atoms with E-state index < -0.39 is 0 Å². The molecule has 0 spiro atoms. The van der Waals surface area contributed by atoms with Gasteiger partial charge < -0.3 is 0 Å². The Morgan fingerprint density at radius 3 is 2.37 bits per heavy atom. The number of benzene rings is 2. The van der Waals surface area contributed by atoms with Crippen molar-refractivity contribution in [3.8, 4) is 0 Å². The highest BCUT2D eigenvalue weighted by Gasteiger charge is 2.35. The van der Waals surface area contributed by atoms with Crippen LogP contribution in [0.25, 0.3) is 0 Å². The second kappa shape index (κ2) is 6.58. The van der Waals surface area contributed by atoms with Crippen molar-refractivity contribution >= 4 is 29.0 Å². The molecule has 0 unspecified atom stereocenters. The van der Waals surface area contributed by atoms with E-state index in [-0.39, 0.29) is 24.1 Å². The number of Topliss-reactive ketones (excluding diaryl/α,β-unsaturated/α-hetero) is 1. The predicted octanol–water partition coefficient (Wildman–Crippen LogP) is 3.12. The van der Waals surface area contributed by atoms with Gasteiger partial charge in [-0.25, -0.2) is 0 Å². The van der Waals surface area contributed by atoms with Gasteiger partial charge in [-0.05, 0) is 30.7 Å². The van der Waals surface area contributed by atoms with E-state index in [1.165, 1.54) is 16.2 Å². The quantitative estimate of drug-likeness (QED) is 0.607. The summed E-state index contributed by atoms with van der Waals surface area (Å²) in [5.74, 6) is -0.289. The van der Waals surface area contributed by atoms with Crippen molar-refractivity contribution in [1.29, 1.82) is 0 Å². The summed E-state index contributed by atoms with van der Waals surface area (Å²) in [7, 11) is 0. The predicted molar refractivity (Wildman–Crippen MR) is 102 cm³/mol. The fraction of sp³-hybridized carbons (Fsp3) is 0.273. The summed E-state index contributed by atoms with van der Waals surface area (Å²) in [4.78, 5) is 37.7. The van der Waals surface area contributed by atoms with Gasteiger partial charge in [0.05, 0.1) is 30.5 Å². The molecule has 0 fully saturated rings. The number of carbonyl (C=O) groups excluding carboxylic acids is 3. The Morgan fingerprint density at radius 2 is 1.74 bits per heavy atom. The summed E-state index contributed by atoms with van der Waals surface area (Å²) in [5, 5.41) is 0. The molecule has 0 saturated carbocycles. The zero-order chi connectivity index (χ0) is 19.1. The van der Waals surface area contributed by atoms with Crippen LogP contribution in [0, 0.1) is 0 Å². The fourth-order valence-electron chi connectivity index (χ4n) is 3.86. The SMILES string of the molecule is CC(=O)CC[N+]1=C(C)Cc2cc(CN3C(=O)c4ccccc4C3=O)ccc21. The molecule has 4 rings (SSSR count). The average Bonchev–Trinajstić information content (AvgIpc) is 3.08. The number of hydrogen-bond donors (Lipinski definition) is 0. The van der Waals surface area contributed by atoms with Crippen LogP contribution in [0.15, 0.2) is 42.5 Å². The van der Waals surface area contributed by atoms with Gasteiger partial charge >= 0.3 is 0 Å². The van der Waals surface area contributed by atoms with Crippen molar-refractivity contribution in [3.63, 3.8) is 0 Å². The molecular formula is C22H21N2O3+. The minimum absolute atomic E-state index is 0.179. The maximum atomic E-state index is 12.6. The van der Waals surface area contributed by atoms with Gasteiger partial charge in [-0.15, -0.1) is 0 Å². The monoisotopic (exact) mass is 361 g/mol. The largest absolute Gasteiger partial charge is 0.300 e. The standard InChI is InChI=1S/C22H21N2O3/c1-14-11-17-12-16(7-8-20(17)23(14)10-9-15(2)25)13-24-21(26)18-5-3-4-6-19(18)22(24)27/h3-8,12H,9-11,13H2,1-2H3/q+1. The third-order valence-corrected chi connectivity index (χ3v) is 5.25. The Morgan fingerprint density at radius 1 is 1.07 bits per heavy atom. The van der Waals surface area contributed by atoms with Crippen molar-refractivity contribution in [1.82, 2.24) is 4.90 Å². The zero-order valence-electron chi connectivity index (χ0n) is 15.5. The van der Waals surface area contributed by atoms with Crippen molar-refractivity contribution in [3.05, 3.63) is 64.7 Å². The van der Waals surface area contributed by atoms with Gasteiger partial charge in [0.25, 0.3) is 11.8 Å². The highest BCUT2D eigenvalue weighted by Crippen LogP contribution is 2.30. The second-order valence-electron chi connectivity index (χ2n) is 7.22. The minimum Gasteiger partial charge on any atom is -0.300 e. The zero-order valence-corrected chi connectivity index (χ0v) is 15.5. The Bertz CT molecular complexity index is 985. The number of hydrogen-bond acceptors (Lipinski definition) is 3. The molecule has 0 aliphatic carbocycles. The number of nitrogens with zero attached hydrogens (tertiary/aromatic N) is 2. The maximum absolute atomic E-state index is 12.6. The number of rotatable bonds is 5. The molecule has 0 saturated heterocycles. The van der Waals surface area contributed by atoms with Gasteiger partial charge in [0.2, 0.25) is 5.69 Å². The Balaban J connectivity index is 1.55. The summed E-state index contributed by atoms with van der Waals surface area (Å²) in [6, 6.07) is 13.0. The first-order chi connectivity index (χ1) is 13.0. The molecule has 0 N–H and O–H groups in total. The molecule has 0 radical (unpaired) electrons. The number of fused-ring (bicyclic) bond motifs is 2. The molecule has 5 heteroatoms. The molecule has 0 aromatic heterocycles. The van der Waals surface area contributed by atoms with Gasteiger partial charge in [-0.1, -0.05) is 18.2 Å². The molecule has 27 heavy (non-hydrogen) atoms. The van der Waals surface area contributed by atoms with Crippen molar-refractivity contribution in [2.24, 2.45) is 0 Å². The smallest absolute Gasteiger partial charge is 0.261 e. The first-order valence-corrected chi connectivity index (χ1v) is 9.12. The summed E-state index contributed by atoms with van der Waals surface area (Å²) < 4.78 is 2.18. The summed E-state index contributed by atoms with van der Waals surface area (Å²) in [6.45, 7) is 4.64. The molecule has 2 aromatic rings. The minimum atomic E-state index is -0.234.